The van der Waals surface area contributed by atoms with Gasteiger partial charge in [-0.15, -0.1) is 12.4 Å². The Morgan fingerprint density at radius 1 is 1.14 bits per heavy atom. The van der Waals surface area contributed by atoms with Gasteiger partial charge in [-0.1, -0.05) is 0 Å². The third-order valence-electron chi connectivity index (χ3n) is 3.86. The summed E-state index contributed by atoms with van der Waals surface area (Å²) in [7, 11) is 4.72. The lowest BCUT2D eigenvalue weighted by Gasteiger charge is -2.34. The van der Waals surface area contributed by atoms with E-state index in [0.717, 1.165) is 13.1 Å². The van der Waals surface area contributed by atoms with Gasteiger partial charge in [0, 0.05) is 18.9 Å². The molecule has 1 aliphatic heterocycles. The zero-order valence-electron chi connectivity index (χ0n) is 13.1. The van der Waals surface area contributed by atoms with Crippen LogP contribution in [0.4, 0.5) is 5.69 Å². The highest BCUT2D eigenvalue weighted by molar-refractivity contribution is 5.97. The van der Waals surface area contributed by atoms with Crippen LogP contribution in [0, 0.1) is 0 Å². The quantitative estimate of drug-likeness (QED) is 0.862. The second-order valence-corrected chi connectivity index (χ2v) is 4.97. The second kappa shape index (κ2) is 8.22. The molecular formula is C15H23ClN2O4. The molecule has 1 saturated heterocycles. The van der Waals surface area contributed by atoms with E-state index in [1.54, 1.807) is 39.5 Å². The summed E-state index contributed by atoms with van der Waals surface area (Å²) >= 11 is 0. The molecule has 1 aromatic carbocycles. The van der Waals surface area contributed by atoms with Gasteiger partial charge in [-0.3, -0.25) is 4.79 Å². The normalized spacial score (nSPS) is 16.3. The Bertz CT molecular complexity index is 504. The van der Waals surface area contributed by atoms with Crippen molar-refractivity contribution < 1.29 is 19.0 Å². The minimum atomic E-state index is -0.765. The Hall–Kier alpha value is -1.50. The Morgan fingerprint density at radius 3 is 2.32 bits per heavy atom. The minimum absolute atomic E-state index is 0. The number of carbonyl (C=O) groups excluding carboxylic acids is 1. The van der Waals surface area contributed by atoms with Gasteiger partial charge in [-0.2, -0.15) is 0 Å². The van der Waals surface area contributed by atoms with Crippen molar-refractivity contribution in [2.45, 2.75) is 18.4 Å². The van der Waals surface area contributed by atoms with Gasteiger partial charge in [0.2, 0.25) is 0 Å². The van der Waals surface area contributed by atoms with Gasteiger partial charge < -0.3 is 24.8 Å². The monoisotopic (exact) mass is 330 g/mol. The van der Waals surface area contributed by atoms with E-state index in [1.807, 2.05) is 0 Å². The molecule has 1 amide bonds. The summed E-state index contributed by atoms with van der Waals surface area (Å²) in [5.41, 5.74) is -0.106. The molecule has 7 heteroatoms. The molecule has 2 N–H and O–H groups in total. The standard InChI is InChI=1S/C15H22N2O4.ClH/c1-19-12-5-4-11(10-13(12)20-2)17-14(18)15(21-3)6-8-16-9-7-15;/h4-5,10,16H,6-9H2,1-3H3,(H,17,18);1H. The van der Waals surface area contributed by atoms with Crippen LogP contribution < -0.4 is 20.1 Å². The first-order chi connectivity index (χ1) is 10.1. The van der Waals surface area contributed by atoms with Crippen LogP contribution >= 0.6 is 12.4 Å². The van der Waals surface area contributed by atoms with Crippen molar-refractivity contribution in [3.63, 3.8) is 0 Å². The van der Waals surface area contributed by atoms with Crippen molar-refractivity contribution in [3.8, 4) is 11.5 Å². The molecule has 0 radical (unpaired) electrons. The summed E-state index contributed by atoms with van der Waals surface area (Å²) in [5.74, 6) is 1.07. The third-order valence-corrected chi connectivity index (χ3v) is 3.86. The van der Waals surface area contributed by atoms with E-state index in [1.165, 1.54) is 0 Å². The maximum Gasteiger partial charge on any atom is 0.256 e. The van der Waals surface area contributed by atoms with Crippen LogP contribution in [-0.4, -0.2) is 45.9 Å². The van der Waals surface area contributed by atoms with Gasteiger partial charge in [0.15, 0.2) is 11.5 Å². The van der Waals surface area contributed by atoms with Crippen molar-refractivity contribution >= 4 is 24.0 Å². The summed E-state index contributed by atoms with van der Waals surface area (Å²) in [6, 6.07) is 5.28. The molecule has 1 fully saturated rings. The zero-order valence-corrected chi connectivity index (χ0v) is 13.9. The van der Waals surface area contributed by atoms with Crippen molar-refractivity contribution in [1.82, 2.24) is 5.32 Å². The minimum Gasteiger partial charge on any atom is -0.493 e. The van der Waals surface area contributed by atoms with Gasteiger partial charge >= 0.3 is 0 Å². The Kier molecular flexibility index (Phi) is 6.93. The molecule has 0 saturated carbocycles. The lowest BCUT2D eigenvalue weighted by molar-refractivity contribution is -0.140. The summed E-state index contributed by atoms with van der Waals surface area (Å²) in [6.07, 6.45) is 1.31. The summed E-state index contributed by atoms with van der Waals surface area (Å²) in [6.45, 7) is 1.54. The van der Waals surface area contributed by atoms with E-state index >= 15 is 0 Å². The smallest absolute Gasteiger partial charge is 0.256 e. The summed E-state index contributed by atoms with van der Waals surface area (Å²) < 4.78 is 15.9. The molecule has 22 heavy (non-hydrogen) atoms. The summed E-state index contributed by atoms with van der Waals surface area (Å²) in [4.78, 5) is 12.5. The fourth-order valence-electron chi connectivity index (χ4n) is 2.51. The largest absolute Gasteiger partial charge is 0.493 e. The molecule has 1 aliphatic rings. The van der Waals surface area contributed by atoms with Crippen LogP contribution in [0.1, 0.15) is 12.8 Å². The van der Waals surface area contributed by atoms with Crippen LogP contribution in [0.25, 0.3) is 0 Å². The van der Waals surface area contributed by atoms with Crippen molar-refractivity contribution in [2.24, 2.45) is 0 Å². The molecule has 0 spiro atoms. The van der Waals surface area contributed by atoms with E-state index in [4.69, 9.17) is 14.2 Å². The van der Waals surface area contributed by atoms with Gasteiger partial charge in [0.1, 0.15) is 5.60 Å². The van der Waals surface area contributed by atoms with Crippen LogP contribution in [-0.2, 0) is 9.53 Å². The molecule has 0 aliphatic carbocycles. The molecule has 0 bridgehead atoms. The van der Waals surface area contributed by atoms with Crippen molar-refractivity contribution in [3.05, 3.63) is 18.2 Å². The lowest BCUT2D eigenvalue weighted by atomic mass is 9.91. The predicted molar refractivity (Wildman–Crippen MR) is 87.3 cm³/mol. The Labute approximate surface area is 136 Å². The molecule has 0 atom stereocenters. The SMILES string of the molecule is COc1ccc(NC(=O)C2(OC)CCNCC2)cc1OC.Cl. The number of methoxy groups -OCH3 is 3. The molecular weight excluding hydrogens is 308 g/mol. The van der Waals surface area contributed by atoms with Crippen LogP contribution in [0.3, 0.4) is 0 Å². The highest BCUT2D eigenvalue weighted by Crippen LogP contribution is 2.31. The van der Waals surface area contributed by atoms with E-state index in [2.05, 4.69) is 10.6 Å². The van der Waals surface area contributed by atoms with Gasteiger partial charge in [-0.05, 0) is 38.1 Å². The average molecular weight is 331 g/mol. The number of hydrogen-bond donors (Lipinski definition) is 2. The number of anilines is 1. The topological polar surface area (TPSA) is 68.8 Å². The first-order valence-corrected chi connectivity index (χ1v) is 6.94. The fraction of sp³-hybridized carbons (Fsp3) is 0.533. The molecule has 0 unspecified atom stereocenters. The first kappa shape index (κ1) is 18.5. The van der Waals surface area contributed by atoms with E-state index < -0.39 is 5.60 Å². The Balaban J connectivity index is 0.00000242. The second-order valence-electron chi connectivity index (χ2n) is 4.97. The number of hydrogen-bond acceptors (Lipinski definition) is 5. The number of piperidine rings is 1. The average Bonchev–Trinajstić information content (AvgIpc) is 2.55. The first-order valence-electron chi connectivity index (χ1n) is 6.94. The Morgan fingerprint density at radius 2 is 1.77 bits per heavy atom. The number of carbonyl (C=O) groups is 1. The molecule has 1 aromatic rings. The van der Waals surface area contributed by atoms with Crippen LogP contribution in [0.5, 0.6) is 11.5 Å². The number of amides is 1. The maximum absolute atomic E-state index is 12.5. The van der Waals surface area contributed by atoms with Crippen molar-refractivity contribution in [1.29, 1.82) is 0 Å². The summed E-state index contributed by atoms with van der Waals surface area (Å²) in [5, 5.41) is 6.13. The fourth-order valence-corrected chi connectivity index (χ4v) is 2.51. The maximum atomic E-state index is 12.5. The van der Waals surface area contributed by atoms with Crippen LogP contribution in [0.15, 0.2) is 18.2 Å². The number of nitrogens with one attached hydrogen (secondary N) is 2. The van der Waals surface area contributed by atoms with Gasteiger partial charge in [-0.25, -0.2) is 0 Å². The molecule has 2 rings (SSSR count). The van der Waals surface area contributed by atoms with E-state index in [-0.39, 0.29) is 18.3 Å². The number of halogens is 1. The molecule has 124 valence electrons. The molecule has 6 nitrogen and oxygen atoms in total. The van der Waals surface area contributed by atoms with Crippen molar-refractivity contribution in [2.75, 3.05) is 39.7 Å². The molecule has 0 aromatic heterocycles. The number of ether oxygens (including phenoxy) is 3. The van der Waals surface area contributed by atoms with Gasteiger partial charge in [0.25, 0.3) is 5.91 Å². The van der Waals surface area contributed by atoms with E-state index in [9.17, 15) is 4.79 Å². The number of benzene rings is 1. The predicted octanol–water partition coefficient (Wildman–Crippen LogP) is 1.83. The van der Waals surface area contributed by atoms with Crippen LogP contribution in [0.2, 0.25) is 0 Å². The van der Waals surface area contributed by atoms with Gasteiger partial charge in [0.05, 0.1) is 14.2 Å². The lowest BCUT2D eigenvalue weighted by Crippen LogP contribution is -2.51. The third kappa shape index (κ3) is 3.82. The molecule has 1 heterocycles. The zero-order chi connectivity index (χ0) is 15.3. The van der Waals surface area contributed by atoms with E-state index in [0.29, 0.717) is 30.0 Å². The highest BCUT2D eigenvalue weighted by atomic mass is 35.5. The number of rotatable bonds is 5. The highest BCUT2D eigenvalue weighted by Gasteiger charge is 2.39.